The van der Waals surface area contributed by atoms with Gasteiger partial charge in [0.05, 0.1) is 18.8 Å². The van der Waals surface area contributed by atoms with E-state index in [1.165, 1.54) is 0 Å². The second kappa shape index (κ2) is 8.63. The average molecular weight is 266 g/mol. The van der Waals surface area contributed by atoms with Gasteiger partial charge < -0.3 is 20.5 Å². The predicted octanol–water partition coefficient (Wildman–Crippen LogP) is 0.334. The fourth-order valence-electron chi connectivity index (χ4n) is 1.70. The highest BCUT2D eigenvalue weighted by Crippen LogP contribution is 2.02. The molecule has 0 spiro atoms. The zero-order chi connectivity index (χ0) is 14.1. The van der Waals surface area contributed by atoms with E-state index in [0.29, 0.717) is 19.6 Å². The number of benzene rings is 1. The van der Waals surface area contributed by atoms with Crippen LogP contribution >= 0.6 is 0 Å². The molecule has 0 fully saturated rings. The molecular weight excluding hydrogens is 244 g/mol. The van der Waals surface area contributed by atoms with E-state index in [1.807, 2.05) is 30.3 Å². The van der Waals surface area contributed by atoms with E-state index in [9.17, 15) is 4.79 Å². The summed E-state index contributed by atoms with van der Waals surface area (Å²) in [4.78, 5) is 11.8. The number of nitrogens with one attached hydrogen (secondary N) is 1. The Bertz CT molecular complexity index is 370. The van der Waals surface area contributed by atoms with Crippen molar-refractivity contribution in [3.8, 4) is 0 Å². The lowest BCUT2D eigenvalue weighted by Crippen LogP contribution is -2.45. The number of carbonyl (C=O) groups is 1. The third-order valence-corrected chi connectivity index (χ3v) is 2.83. The molecule has 106 valence electrons. The molecule has 2 atom stereocenters. The number of hydrogen-bond acceptors (Lipinski definition) is 4. The van der Waals surface area contributed by atoms with Crippen LogP contribution in [0.3, 0.4) is 0 Å². The molecule has 0 radical (unpaired) electrons. The van der Waals surface area contributed by atoms with Crippen LogP contribution in [0, 0.1) is 0 Å². The predicted molar refractivity (Wildman–Crippen MR) is 73.8 cm³/mol. The Morgan fingerprint density at radius 2 is 2.00 bits per heavy atom. The molecule has 1 rings (SSSR count). The van der Waals surface area contributed by atoms with Gasteiger partial charge in [-0.25, -0.2) is 0 Å². The molecule has 1 aromatic carbocycles. The van der Waals surface area contributed by atoms with Crippen LogP contribution in [0.2, 0.25) is 0 Å². The van der Waals surface area contributed by atoms with Gasteiger partial charge >= 0.3 is 0 Å². The van der Waals surface area contributed by atoms with Gasteiger partial charge in [0.1, 0.15) is 0 Å². The molecule has 0 heterocycles. The number of hydrogen-bond donors (Lipinski definition) is 2. The third kappa shape index (κ3) is 5.83. The van der Waals surface area contributed by atoms with Gasteiger partial charge in [0.25, 0.3) is 0 Å². The molecular formula is C14H22N2O3. The SMILES string of the molecule is COCC(CNC(=O)[C@@H](N)Cc1ccccc1)OC. The standard InChI is InChI=1S/C14H22N2O3/c1-18-10-12(19-2)9-16-14(17)13(15)8-11-6-4-3-5-7-11/h3-7,12-13H,8-10,15H2,1-2H3,(H,16,17)/t12?,13-/m0/s1. The Balaban J connectivity index is 2.36. The van der Waals surface area contributed by atoms with Crippen molar-refractivity contribution in [2.24, 2.45) is 5.73 Å². The van der Waals surface area contributed by atoms with Crippen LogP contribution < -0.4 is 11.1 Å². The summed E-state index contributed by atoms with van der Waals surface area (Å²) in [6.45, 7) is 0.830. The summed E-state index contributed by atoms with van der Waals surface area (Å²) in [5.74, 6) is -0.179. The fourth-order valence-corrected chi connectivity index (χ4v) is 1.70. The van der Waals surface area contributed by atoms with E-state index in [-0.39, 0.29) is 12.0 Å². The second-order valence-corrected chi connectivity index (χ2v) is 4.35. The lowest BCUT2D eigenvalue weighted by atomic mass is 10.1. The van der Waals surface area contributed by atoms with Crippen LogP contribution in [0.25, 0.3) is 0 Å². The molecule has 0 aliphatic rings. The number of carbonyl (C=O) groups excluding carboxylic acids is 1. The van der Waals surface area contributed by atoms with E-state index in [0.717, 1.165) is 5.56 Å². The molecule has 3 N–H and O–H groups in total. The van der Waals surface area contributed by atoms with Crippen molar-refractivity contribution >= 4 is 5.91 Å². The Kier molecular flexibility index (Phi) is 7.10. The van der Waals surface area contributed by atoms with Crippen LogP contribution in [0.5, 0.6) is 0 Å². The number of ether oxygens (including phenoxy) is 2. The second-order valence-electron chi connectivity index (χ2n) is 4.35. The average Bonchev–Trinajstić information content (AvgIpc) is 2.44. The van der Waals surface area contributed by atoms with Crippen molar-refractivity contribution in [1.82, 2.24) is 5.32 Å². The van der Waals surface area contributed by atoms with Gasteiger partial charge in [-0.2, -0.15) is 0 Å². The van der Waals surface area contributed by atoms with Gasteiger partial charge in [-0.15, -0.1) is 0 Å². The topological polar surface area (TPSA) is 73.6 Å². The molecule has 0 saturated heterocycles. The summed E-state index contributed by atoms with van der Waals surface area (Å²) in [6.07, 6.45) is 0.368. The maximum absolute atomic E-state index is 11.8. The first-order chi connectivity index (χ1) is 9.17. The zero-order valence-corrected chi connectivity index (χ0v) is 11.5. The van der Waals surface area contributed by atoms with Gasteiger partial charge in [-0.1, -0.05) is 30.3 Å². The van der Waals surface area contributed by atoms with Crippen LogP contribution in [-0.4, -0.2) is 45.4 Å². The molecule has 5 nitrogen and oxygen atoms in total. The maximum atomic E-state index is 11.8. The summed E-state index contributed by atoms with van der Waals surface area (Å²) in [6, 6.07) is 9.15. The first-order valence-electron chi connectivity index (χ1n) is 6.26. The minimum absolute atomic E-state index is 0.155. The molecule has 0 aliphatic heterocycles. The molecule has 1 aromatic rings. The fraction of sp³-hybridized carbons (Fsp3) is 0.500. The minimum atomic E-state index is -0.553. The van der Waals surface area contributed by atoms with Gasteiger partial charge in [-0.3, -0.25) is 4.79 Å². The van der Waals surface area contributed by atoms with Gasteiger partial charge in [0.2, 0.25) is 5.91 Å². The van der Waals surface area contributed by atoms with E-state index in [4.69, 9.17) is 15.2 Å². The van der Waals surface area contributed by atoms with Crippen molar-refractivity contribution in [2.45, 2.75) is 18.6 Å². The van der Waals surface area contributed by atoms with Crippen molar-refractivity contribution in [3.63, 3.8) is 0 Å². The van der Waals surface area contributed by atoms with Crippen LogP contribution in [0.4, 0.5) is 0 Å². The Morgan fingerprint density at radius 1 is 1.32 bits per heavy atom. The Morgan fingerprint density at radius 3 is 2.58 bits per heavy atom. The molecule has 0 bridgehead atoms. The van der Waals surface area contributed by atoms with E-state index in [1.54, 1.807) is 14.2 Å². The highest BCUT2D eigenvalue weighted by molar-refractivity contribution is 5.81. The van der Waals surface area contributed by atoms with Crippen LogP contribution in [-0.2, 0) is 20.7 Å². The number of nitrogens with two attached hydrogens (primary N) is 1. The summed E-state index contributed by atoms with van der Waals surface area (Å²) >= 11 is 0. The highest BCUT2D eigenvalue weighted by atomic mass is 16.5. The summed E-state index contributed by atoms with van der Waals surface area (Å²) < 4.78 is 10.1. The van der Waals surface area contributed by atoms with Gasteiger partial charge in [-0.05, 0) is 12.0 Å². The molecule has 1 amide bonds. The summed E-state index contributed by atoms with van der Waals surface area (Å²) in [7, 11) is 3.18. The molecule has 5 heteroatoms. The van der Waals surface area contributed by atoms with Gasteiger partial charge in [0.15, 0.2) is 0 Å². The van der Waals surface area contributed by atoms with Crippen molar-refractivity contribution in [1.29, 1.82) is 0 Å². The van der Waals surface area contributed by atoms with Gasteiger partial charge in [0, 0.05) is 20.8 Å². The number of methoxy groups -OCH3 is 2. The van der Waals surface area contributed by atoms with E-state index in [2.05, 4.69) is 5.32 Å². The Labute approximate surface area is 114 Å². The normalized spacial score (nSPS) is 13.8. The zero-order valence-electron chi connectivity index (χ0n) is 11.5. The van der Waals surface area contributed by atoms with Crippen LogP contribution in [0.15, 0.2) is 30.3 Å². The maximum Gasteiger partial charge on any atom is 0.237 e. The molecule has 0 aromatic heterocycles. The van der Waals surface area contributed by atoms with Crippen molar-refractivity contribution < 1.29 is 14.3 Å². The van der Waals surface area contributed by atoms with Crippen molar-refractivity contribution in [2.75, 3.05) is 27.4 Å². The molecule has 0 saturated carbocycles. The van der Waals surface area contributed by atoms with E-state index >= 15 is 0 Å². The first kappa shape index (κ1) is 15.6. The van der Waals surface area contributed by atoms with Crippen molar-refractivity contribution in [3.05, 3.63) is 35.9 Å². The van der Waals surface area contributed by atoms with E-state index < -0.39 is 6.04 Å². The smallest absolute Gasteiger partial charge is 0.237 e. The van der Waals surface area contributed by atoms with Crippen LogP contribution in [0.1, 0.15) is 5.56 Å². The monoisotopic (exact) mass is 266 g/mol. The minimum Gasteiger partial charge on any atom is -0.382 e. The Hall–Kier alpha value is -1.43. The largest absolute Gasteiger partial charge is 0.382 e. The lowest BCUT2D eigenvalue weighted by Gasteiger charge is -2.17. The first-order valence-corrected chi connectivity index (χ1v) is 6.26. The molecule has 0 aliphatic carbocycles. The molecule has 19 heavy (non-hydrogen) atoms. The number of amides is 1. The summed E-state index contributed by atoms with van der Waals surface area (Å²) in [5.41, 5.74) is 6.91. The lowest BCUT2D eigenvalue weighted by molar-refractivity contribution is -0.123. The molecule has 1 unspecified atom stereocenters. The third-order valence-electron chi connectivity index (χ3n) is 2.83. The number of rotatable bonds is 8. The highest BCUT2D eigenvalue weighted by Gasteiger charge is 2.15. The quantitative estimate of drug-likeness (QED) is 0.711. The summed E-state index contributed by atoms with van der Waals surface area (Å²) in [5, 5.41) is 2.77.